The molecule has 0 aromatic heterocycles. The highest BCUT2D eigenvalue weighted by Crippen LogP contribution is 2.19. The van der Waals surface area contributed by atoms with Gasteiger partial charge in [0.15, 0.2) is 0 Å². The van der Waals surface area contributed by atoms with Crippen LogP contribution in [0, 0.1) is 0 Å². The Morgan fingerprint density at radius 1 is 1.35 bits per heavy atom. The van der Waals surface area contributed by atoms with Gasteiger partial charge in [0, 0.05) is 6.42 Å². The highest BCUT2D eigenvalue weighted by molar-refractivity contribution is 5.91. The maximum Gasteiger partial charge on any atom is 0.337 e. The first kappa shape index (κ1) is 13.9. The van der Waals surface area contributed by atoms with E-state index < -0.39 is 0 Å². The number of nitrogens with one attached hydrogen (secondary N) is 2. The summed E-state index contributed by atoms with van der Waals surface area (Å²) in [5, 5.41) is 6.79. The molecule has 0 amide bonds. The first-order chi connectivity index (χ1) is 8.17. The topological polar surface area (TPSA) is 50.4 Å². The second-order valence-corrected chi connectivity index (χ2v) is 3.95. The quantitative estimate of drug-likeness (QED) is 0.542. The molecule has 96 valence electrons. The van der Waals surface area contributed by atoms with E-state index in [1.165, 1.54) is 0 Å². The molecule has 0 fully saturated rings. The monoisotopic (exact) mass is 238 g/mol. The summed E-state index contributed by atoms with van der Waals surface area (Å²) < 4.78 is 4.97. The van der Waals surface area contributed by atoms with Gasteiger partial charge in [0.1, 0.15) is 0 Å². The number of likely N-dealkylation sites (N-methyl/N-ethyl adjacent to an activating group) is 2. The van der Waals surface area contributed by atoms with Gasteiger partial charge in [-0.1, -0.05) is 19.9 Å². The second kappa shape index (κ2) is 6.57. The van der Waals surface area contributed by atoms with Gasteiger partial charge in [0.2, 0.25) is 0 Å². The zero-order chi connectivity index (χ0) is 12.7. The van der Waals surface area contributed by atoms with Crippen LogP contribution in [0.1, 0.15) is 27.2 Å². The smallest absolute Gasteiger partial charge is 0.337 e. The Labute approximate surface area is 103 Å². The Kier molecular flexibility index (Phi) is 5.38. The van der Waals surface area contributed by atoms with Crippen LogP contribution in [0.3, 0.4) is 0 Å². The zero-order valence-corrected chi connectivity index (χ0v) is 10.9. The molecule has 1 aliphatic carbocycles. The van der Waals surface area contributed by atoms with E-state index >= 15 is 0 Å². The number of ether oxygens (including phenoxy) is 1. The van der Waals surface area contributed by atoms with Crippen molar-refractivity contribution in [1.29, 1.82) is 0 Å². The lowest BCUT2D eigenvalue weighted by Gasteiger charge is -2.33. The minimum atomic E-state index is -0.245. The zero-order valence-electron chi connectivity index (χ0n) is 10.9. The SMILES string of the molecule is CCNC1(NCC)C=CC(C(=O)OCC)=CC1. The Balaban J connectivity index is 2.69. The van der Waals surface area contributed by atoms with Gasteiger partial charge in [-0.2, -0.15) is 0 Å². The molecule has 0 aromatic rings. The molecule has 0 heterocycles. The van der Waals surface area contributed by atoms with E-state index in [9.17, 15) is 4.79 Å². The Morgan fingerprint density at radius 2 is 2.00 bits per heavy atom. The van der Waals surface area contributed by atoms with Gasteiger partial charge >= 0.3 is 5.97 Å². The number of hydrogen-bond donors (Lipinski definition) is 2. The average Bonchev–Trinajstić information content (AvgIpc) is 2.31. The number of esters is 1. The summed E-state index contributed by atoms with van der Waals surface area (Å²) in [5.74, 6) is -0.245. The lowest BCUT2D eigenvalue weighted by atomic mass is 9.96. The predicted molar refractivity (Wildman–Crippen MR) is 68.6 cm³/mol. The summed E-state index contributed by atoms with van der Waals surface area (Å²) >= 11 is 0. The maximum atomic E-state index is 11.5. The summed E-state index contributed by atoms with van der Waals surface area (Å²) in [5.41, 5.74) is 0.415. The summed E-state index contributed by atoms with van der Waals surface area (Å²) in [6.07, 6.45) is 6.50. The van der Waals surface area contributed by atoms with E-state index in [-0.39, 0.29) is 11.6 Å². The molecule has 1 aliphatic rings. The van der Waals surface area contributed by atoms with Crippen LogP contribution in [0.2, 0.25) is 0 Å². The first-order valence-electron chi connectivity index (χ1n) is 6.24. The van der Waals surface area contributed by atoms with Crippen molar-refractivity contribution in [2.45, 2.75) is 32.9 Å². The fourth-order valence-corrected chi connectivity index (χ4v) is 1.96. The third kappa shape index (κ3) is 3.68. The molecular formula is C13H22N2O2. The van der Waals surface area contributed by atoms with Crippen LogP contribution >= 0.6 is 0 Å². The minimum absolute atomic E-state index is 0.223. The average molecular weight is 238 g/mol. The summed E-state index contributed by atoms with van der Waals surface area (Å²) in [6, 6.07) is 0. The van der Waals surface area contributed by atoms with E-state index in [1.54, 1.807) is 0 Å². The molecule has 0 aromatic carbocycles. The number of hydrogen-bond acceptors (Lipinski definition) is 4. The number of rotatable bonds is 6. The van der Waals surface area contributed by atoms with E-state index in [1.807, 2.05) is 25.2 Å². The van der Waals surface area contributed by atoms with Crippen molar-refractivity contribution in [1.82, 2.24) is 10.6 Å². The first-order valence-corrected chi connectivity index (χ1v) is 6.24. The fraction of sp³-hybridized carbons (Fsp3) is 0.615. The van der Waals surface area contributed by atoms with Crippen LogP contribution in [0.4, 0.5) is 0 Å². The second-order valence-electron chi connectivity index (χ2n) is 3.95. The summed E-state index contributed by atoms with van der Waals surface area (Å²) in [4.78, 5) is 11.5. The van der Waals surface area contributed by atoms with Crippen molar-refractivity contribution >= 4 is 5.97 Å². The van der Waals surface area contributed by atoms with Gasteiger partial charge in [-0.15, -0.1) is 0 Å². The normalized spacial score (nSPS) is 17.7. The third-order valence-corrected chi connectivity index (χ3v) is 2.69. The van der Waals surface area contributed by atoms with Crippen molar-refractivity contribution < 1.29 is 9.53 Å². The number of carbonyl (C=O) groups excluding carboxylic acids is 1. The molecule has 0 bridgehead atoms. The molecule has 1 rings (SSSR count). The molecule has 4 heteroatoms. The van der Waals surface area contributed by atoms with Crippen LogP contribution in [-0.2, 0) is 9.53 Å². The lowest BCUT2D eigenvalue weighted by molar-refractivity contribution is -0.138. The molecular weight excluding hydrogens is 216 g/mol. The highest BCUT2D eigenvalue weighted by Gasteiger charge is 2.27. The van der Waals surface area contributed by atoms with Crippen molar-refractivity contribution in [3.8, 4) is 0 Å². The molecule has 0 saturated carbocycles. The van der Waals surface area contributed by atoms with Gasteiger partial charge in [0.25, 0.3) is 0 Å². The molecule has 0 atom stereocenters. The summed E-state index contributed by atoms with van der Waals surface area (Å²) in [7, 11) is 0. The van der Waals surface area contributed by atoms with Crippen molar-refractivity contribution in [2.75, 3.05) is 19.7 Å². The van der Waals surface area contributed by atoms with E-state index in [0.717, 1.165) is 19.5 Å². The molecule has 0 spiro atoms. The van der Waals surface area contributed by atoms with E-state index in [2.05, 4.69) is 24.5 Å². The van der Waals surface area contributed by atoms with Gasteiger partial charge in [-0.05, 0) is 32.2 Å². The van der Waals surface area contributed by atoms with Crippen LogP contribution in [0.5, 0.6) is 0 Å². The van der Waals surface area contributed by atoms with E-state index in [0.29, 0.717) is 12.2 Å². The molecule has 2 N–H and O–H groups in total. The molecule has 0 saturated heterocycles. The predicted octanol–water partition coefficient (Wildman–Crippen LogP) is 1.35. The van der Waals surface area contributed by atoms with Crippen LogP contribution in [0.25, 0.3) is 0 Å². The van der Waals surface area contributed by atoms with Crippen LogP contribution in [-0.4, -0.2) is 31.3 Å². The molecule has 4 nitrogen and oxygen atoms in total. The number of carbonyl (C=O) groups is 1. The minimum Gasteiger partial charge on any atom is -0.462 e. The largest absolute Gasteiger partial charge is 0.462 e. The Bertz CT molecular complexity index is 315. The van der Waals surface area contributed by atoms with Crippen molar-refractivity contribution in [3.63, 3.8) is 0 Å². The standard InChI is InChI=1S/C13H22N2O2/c1-4-14-13(15-5-2)9-7-11(8-10-13)12(16)17-6-3/h7-9,14-15H,4-6,10H2,1-3H3. The fourth-order valence-electron chi connectivity index (χ4n) is 1.96. The van der Waals surface area contributed by atoms with Crippen LogP contribution < -0.4 is 10.6 Å². The molecule has 0 unspecified atom stereocenters. The van der Waals surface area contributed by atoms with Crippen LogP contribution in [0.15, 0.2) is 23.8 Å². The third-order valence-electron chi connectivity index (χ3n) is 2.69. The molecule has 0 aliphatic heterocycles. The van der Waals surface area contributed by atoms with Gasteiger partial charge in [-0.25, -0.2) is 4.79 Å². The van der Waals surface area contributed by atoms with Gasteiger partial charge in [-0.3, -0.25) is 10.6 Å². The van der Waals surface area contributed by atoms with Gasteiger partial charge < -0.3 is 4.74 Å². The highest BCUT2D eigenvalue weighted by atomic mass is 16.5. The lowest BCUT2D eigenvalue weighted by Crippen LogP contribution is -2.55. The van der Waals surface area contributed by atoms with Crippen molar-refractivity contribution in [3.05, 3.63) is 23.8 Å². The molecule has 17 heavy (non-hydrogen) atoms. The van der Waals surface area contributed by atoms with Crippen molar-refractivity contribution in [2.24, 2.45) is 0 Å². The summed E-state index contributed by atoms with van der Waals surface area (Å²) in [6.45, 7) is 8.11. The molecule has 0 radical (unpaired) electrons. The Hall–Kier alpha value is -1.13. The Morgan fingerprint density at radius 3 is 2.41 bits per heavy atom. The van der Waals surface area contributed by atoms with E-state index in [4.69, 9.17) is 4.74 Å². The van der Waals surface area contributed by atoms with Gasteiger partial charge in [0.05, 0.1) is 17.8 Å². The maximum absolute atomic E-state index is 11.5.